The number of hydrogen-bond acceptors (Lipinski definition) is 6. The average molecular weight is 252 g/mol. The van der Waals surface area contributed by atoms with E-state index in [2.05, 4.69) is 22.2 Å². The third kappa shape index (κ3) is 2.93. The molecule has 2 heterocycles. The fourth-order valence-corrected chi connectivity index (χ4v) is 1.79. The van der Waals surface area contributed by atoms with E-state index in [0.717, 1.165) is 12.8 Å². The molecule has 1 aromatic rings. The maximum Gasteiger partial charge on any atom is 0.277 e. The number of carbonyl (C=O) groups is 1. The lowest BCUT2D eigenvalue weighted by Crippen LogP contribution is -2.41. The summed E-state index contributed by atoms with van der Waals surface area (Å²) in [6.45, 7) is 3.52. The minimum atomic E-state index is -0.626. The fourth-order valence-electron chi connectivity index (χ4n) is 1.79. The van der Waals surface area contributed by atoms with Crippen molar-refractivity contribution in [1.29, 1.82) is 0 Å². The zero-order valence-corrected chi connectivity index (χ0v) is 10.1. The summed E-state index contributed by atoms with van der Waals surface area (Å²) >= 11 is 0. The van der Waals surface area contributed by atoms with Crippen molar-refractivity contribution in [2.24, 2.45) is 0 Å². The van der Waals surface area contributed by atoms with Gasteiger partial charge in [-0.15, -0.1) is 0 Å². The van der Waals surface area contributed by atoms with E-state index in [1.165, 1.54) is 17.9 Å². The smallest absolute Gasteiger partial charge is 0.277 e. The van der Waals surface area contributed by atoms with Gasteiger partial charge in [-0.2, -0.15) is 0 Å². The molecular formula is C11H16N4O3. The Morgan fingerprint density at radius 1 is 1.39 bits per heavy atom. The fraction of sp³-hybridized carbons (Fsp3) is 0.545. The van der Waals surface area contributed by atoms with E-state index in [4.69, 9.17) is 9.94 Å². The van der Waals surface area contributed by atoms with Gasteiger partial charge in [0.15, 0.2) is 0 Å². The van der Waals surface area contributed by atoms with Crippen molar-refractivity contribution in [2.45, 2.75) is 25.3 Å². The van der Waals surface area contributed by atoms with Crippen LogP contribution in [0.1, 0.15) is 30.1 Å². The Balaban J connectivity index is 2.03. The summed E-state index contributed by atoms with van der Waals surface area (Å²) in [5, 5.41) is 11.7. The highest BCUT2D eigenvalue weighted by Gasteiger charge is 2.27. The molecule has 98 valence electrons. The van der Waals surface area contributed by atoms with Crippen LogP contribution < -0.4 is 10.8 Å². The van der Waals surface area contributed by atoms with E-state index in [9.17, 15) is 4.79 Å². The molecule has 7 nitrogen and oxygen atoms in total. The molecule has 1 aliphatic rings. The Morgan fingerprint density at radius 2 is 2.00 bits per heavy atom. The van der Waals surface area contributed by atoms with Crippen LogP contribution >= 0.6 is 0 Å². The van der Waals surface area contributed by atoms with Crippen molar-refractivity contribution in [3.63, 3.8) is 0 Å². The summed E-state index contributed by atoms with van der Waals surface area (Å²) in [5.41, 5.74) is 1.66. The summed E-state index contributed by atoms with van der Waals surface area (Å²) < 4.78 is 5.31. The minimum Gasteiger partial charge on any atom is -0.381 e. The lowest BCUT2D eigenvalue weighted by molar-refractivity contribution is 0.0656. The van der Waals surface area contributed by atoms with Gasteiger partial charge >= 0.3 is 0 Å². The number of hydroxylamine groups is 1. The first-order valence-corrected chi connectivity index (χ1v) is 5.75. The van der Waals surface area contributed by atoms with Crippen molar-refractivity contribution in [1.82, 2.24) is 15.4 Å². The molecule has 1 saturated heterocycles. The molecular weight excluding hydrogens is 236 g/mol. The molecule has 0 spiro atoms. The second-order valence-electron chi connectivity index (χ2n) is 4.53. The Hall–Kier alpha value is -1.73. The predicted octanol–water partition coefficient (Wildman–Crippen LogP) is 0.577. The molecule has 0 atom stereocenters. The first-order valence-electron chi connectivity index (χ1n) is 5.75. The van der Waals surface area contributed by atoms with Crippen molar-refractivity contribution in [2.75, 3.05) is 18.5 Å². The van der Waals surface area contributed by atoms with Crippen LogP contribution in [0.4, 0.5) is 5.95 Å². The Bertz CT molecular complexity index is 415. The van der Waals surface area contributed by atoms with Crippen LogP contribution in [0.15, 0.2) is 12.4 Å². The van der Waals surface area contributed by atoms with Gasteiger partial charge < -0.3 is 10.1 Å². The largest absolute Gasteiger partial charge is 0.381 e. The van der Waals surface area contributed by atoms with Gasteiger partial charge in [-0.3, -0.25) is 10.0 Å². The third-order valence-electron chi connectivity index (χ3n) is 3.03. The molecule has 2 rings (SSSR count). The van der Waals surface area contributed by atoms with Crippen LogP contribution in [0.5, 0.6) is 0 Å². The quantitative estimate of drug-likeness (QED) is 0.538. The second kappa shape index (κ2) is 5.28. The van der Waals surface area contributed by atoms with E-state index in [1.807, 2.05) is 0 Å². The van der Waals surface area contributed by atoms with Gasteiger partial charge in [0.05, 0.1) is 5.56 Å². The molecule has 1 fully saturated rings. The highest BCUT2D eigenvalue weighted by molar-refractivity contribution is 5.92. The molecule has 0 aliphatic carbocycles. The number of amides is 1. The lowest BCUT2D eigenvalue weighted by atomic mass is 9.93. The van der Waals surface area contributed by atoms with Crippen molar-refractivity contribution in [3.05, 3.63) is 18.0 Å². The number of ether oxygens (including phenoxy) is 1. The lowest BCUT2D eigenvalue weighted by Gasteiger charge is -2.34. The standard InChI is InChI=1S/C11H16N4O3/c1-11(2-4-18-5-3-11)14-10-12-6-8(7-13-10)9(16)15-17/h6-7,17H,2-5H2,1H3,(H,15,16)(H,12,13,14). The van der Waals surface area contributed by atoms with Crippen LogP contribution in [0.3, 0.4) is 0 Å². The zero-order chi connectivity index (χ0) is 13.0. The topological polar surface area (TPSA) is 96.4 Å². The zero-order valence-electron chi connectivity index (χ0n) is 10.1. The number of anilines is 1. The number of carbonyl (C=O) groups excluding carboxylic acids is 1. The molecule has 18 heavy (non-hydrogen) atoms. The highest BCUT2D eigenvalue weighted by Crippen LogP contribution is 2.23. The van der Waals surface area contributed by atoms with Gasteiger partial charge in [0.25, 0.3) is 5.91 Å². The van der Waals surface area contributed by atoms with Crippen molar-refractivity contribution in [3.8, 4) is 0 Å². The van der Waals surface area contributed by atoms with Crippen LogP contribution in [0, 0.1) is 0 Å². The molecule has 1 aromatic heterocycles. The summed E-state index contributed by atoms with van der Waals surface area (Å²) in [5.74, 6) is -0.160. The Kier molecular flexibility index (Phi) is 3.73. The van der Waals surface area contributed by atoms with E-state index in [0.29, 0.717) is 19.2 Å². The molecule has 0 radical (unpaired) electrons. The minimum absolute atomic E-state index is 0.0843. The maximum absolute atomic E-state index is 11.1. The summed E-state index contributed by atoms with van der Waals surface area (Å²) in [6.07, 6.45) is 4.50. The van der Waals surface area contributed by atoms with Gasteiger partial charge in [0, 0.05) is 31.1 Å². The average Bonchev–Trinajstić information content (AvgIpc) is 2.39. The molecule has 0 aromatic carbocycles. The number of aromatic nitrogens is 2. The highest BCUT2D eigenvalue weighted by atomic mass is 16.5. The molecule has 1 amide bonds. The van der Waals surface area contributed by atoms with Gasteiger partial charge in [-0.25, -0.2) is 15.4 Å². The van der Waals surface area contributed by atoms with Gasteiger partial charge in [-0.1, -0.05) is 0 Å². The molecule has 0 unspecified atom stereocenters. The third-order valence-corrected chi connectivity index (χ3v) is 3.03. The summed E-state index contributed by atoms with van der Waals surface area (Å²) in [7, 11) is 0. The van der Waals surface area contributed by atoms with E-state index in [1.54, 1.807) is 0 Å². The summed E-state index contributed by atoms with van der Waals surface area (Å²) in [4.78, 5) is 19.2. The number of nitrogens with one attached hydrogen (secondary N) is 2. The Morgan fingerprint density at radius 3 is 2.56 bits per heavy atom. The first kappa shape index (κ1) is 12.7. The van der Waals surface area contributed by atoms with Gasteiger partial charge in [0.2, 0.25) is 5.95 Å². The SMILES string of the molecule is CC1(Nc2ncc(C(=O)NO)cn2)CCOCC1. The maximum atomic E-state index is 11.1. The molecule has 0 bridgehead atoms. The first-order chi connectivity index (χ1) is 8.63. The van der Waals surface area contributed by atoms with Crippen LogP contribution in [-0.4, -0.2) is 39.8 Å². The van der Waals surface area contributed by atoms with E-state index < -0.39 is 5.91 Å². The molecule has 7 heteroatoms. The van der Waals surface area contributed by atoms with Crippen LogP contribution in [-0.2, 0) is 4.74 Å². The van der Waals surface area contributed by atoms with Gasteiger partial charge in [0.1, 0.15) is 0 Å². The Labute approximate surface area is 105 Å². The van der Waals surface area contributed by atoms with Crippen LogP contribution in [0.2, 0.25) is 0 Å². The van der Waals surface area contributed by atoms with Crippen LogP contribution in [0.25, 0.3) is 0 Å². The summed E-state index contributed by atoms with van der Waals surface area (Å²) in [6, 6.07) is 0. The van der Waals surface area contributed by atoms with Gasteiger partial charge in [-0.05, 0) is 19.8 Å². The molecule has 3 N–H and O–H groups in total. The second-order valence-corrected chi connectivity index (χ2v) is 4.53. The normalized spacial score (nSPS) is 18.1. The number of rotatable bonds is 3. The van der Waals surface area contributed by atoms with Crippen molar-refractivity contribution < 1.29 is 14.7 Å². The van der Waals surface area contributed by atoms with E-state index in [-0.39, 0.29) is 11.1 Å². The van der Waals surface area contributed by atoms with E-state index >= 15 is 0 Å². The molecule has 0 saturated carbocycles. The number of hydrogen-bond donors (Lipinski definition) is 3. The monoisotopic (exact) mass is 252 g/mol. The molecule has 1 aliphatic heterocycles. The number of nitrogens with zero attached hydrogens (tertiary/aromatic N) is 2. The van der Waals surface area contributed by atoms with Crippen molar-refractivity contribution >= 4 is 11.9 Å². The predicted molar refractivity (Wildman–Crippen MR) is 63.4 cm³/mol.